The lowest BCUT2D eigenvalue weighted by Crippen LogP contribution is -2.19. The summed E-state index contributed by atoms with van der Waals surface area (Å²) in [6.45, 7) is 2.35. The Morgan fingerprint density at radius 3 is 2.89 bits per heavy atom. The Hall–Kier alpha value is -0.600. The Morgan fingerprint density at radius 2 is 2.22 bits per heavy atom. The Kier molecular flexibility index (Phi) is 4.63. The van der Waals surface area contributed by atoms with Crippen molar-refractivity contribution >= 4 is 33.9 Å². The molecule has 0 bridgehead atoms. The fourth-order valence-electron chi connectivity index (χ4n) is 1.57. The second kappa shape index (κ2) is 6.03. The highest BCUT2D eigenvalue weighted by Crippen LogP contribution is 2.20. The Bertz CT molecular complexity index is 545. The van der Waals surface area contributed by atoms with Crippen LogP contribution in [0.5, 0.6) is 0 Å². The van der Waals surface area contributed by atoms with Gasteiger partial charge in [-0.15, -0.1) is 11.3 Å². The van der Waals surface area contributed by atoms with Gasteiger partial charge in [0.05, 0.1) is 9.08 Å². The van der Waals surface area contributed by atoms with Crippen molar-refractivity contribution in [3.63, 3.8) is 0 Å². The van der Waals surface area contributed by atoms with E-state index < -0.39 is 11.6 Å². The van der Waals surface area contributed by atoms with Crippen LogP contribution < -0.4 is 5.32 Å². The molecular weight excluding hydrogens is 369 g/mol. The lowest BCUT2D eigenvalue weighted by atomic mass is 10.1. The molecule has 1 heterocycles. The van der Waals surface area contributed by atoms with E-state index in [9.17, 15) is 8.78 Å². The second-order valence-corrected chi connectivity index (χ2v) is 6.84. The zero-order valence-electron chi connectivity index (χ0n) is 9.58. The summed E-state index contributed by atoms with van der Waals surface area (Å²) in [4.78, 5) is 4.20. The molecule has 0 amide bonds. The van der Waals surface area contributed by atoms with Crippen LogP contribution in [0, 0.1) is 14.5 Å². The summed E-state index contributed by atoms with van der Waals surface area (Å²) >= 11 is 3.78. The first kappa shape index (κ1) is 13.8. The van der Waals surface area contributed by atoms with Gasteiger partial charge in [0.1, 0.15) is 16.6 Å². The van der Waals surface area contributed by atoms with E-state index in [2.05, 4.69) is 32.9 Å². The first-order valence-electron chi connectivity index (χ1n) is 5.35. The van der Waals surface area contributed by atoms with Gasteiger partial charge < -0.3 is 5.32 Å². The molecule has 2 rings (SSSR count). The molecule has 0 saturated carbocycles. The van der Waals surface area contributed by atoms with Crippen molar-refractivity contribution in [3.05, 3.63) is 49.5 Å². The fraction of sp³-hybridized carbons (Fsp3) is 0.250. The van der Waals surface area contributed by atoms with Crippen LogP contribution in [0.15, 0.2) is 24.4 Å². The van der Waals surface area contributed by atoms with Crippen LogP contribution in [0.2, 0.25) is 0 Å². The van der Waals surface area contributed by atoms with E-state index in [0.29, 0.717) is 12.1 Å². The highest BCUT2D eigenvalue weighted by atomic mass is 127. The maximum absolute atomic E-state index is 13.5. The SMILES string of the molecule is CC(NCc1ncc(I)s1)c1cc(F)ccc1F. The van der Waals surface area contributed by atoms with Crippen LogP contribution >= 0.6 is 33.9 Å². The molecule has 0 aliphatic rings. The van der Waals surface area contributed by atoms with Crippen LogP contribution in [0.3, 0.4) is 0 Å². The molecule has 18 heavy (non-hydrogen) atoms. The fourth-order valence-corrected chi connectivity index (χ4v) is 3.06. The summed E-state index contributed by atoms with van der Waals surface area (Å²) in [6, 6.07) is 3.23. The maximum atomic E-state index is 13.5. The van der Waals surface area contributed by atoms with E-state index in [1.807, 2.05) is 0 Å². The van der Waals surface area contributed by atoms with E-state index in [0.717, 1.165) is 20.0 Å². The molecule has 6 heteroatoms. The highest BCUT2D eigenvalue weighted by molar-refractivity contribution is 14.1. The topological polar surface area (TPSA) is 24.9 Å². The molecule has 0 aliphatic carbocycles. The van der Waals surface area contributed by atoms with E-state index in [-0.39, 0.29) is 6.04 Å². The minimum absolute atomic E-state index is 0.262. The minimum Gasteiger partial charge on any atom is -0.304 e. The maximum Gasteiger partial charge on any atom is 0.128 e. The summed E-state index contributed by atoms with van der Waals surface area (Å²) in [5.41, 5.74) is 0.334. The first-order chi connectivity index (χ1) is 8.56. The number of benzene rings is 1. The quantitative estimate of drug-likeness (QED) is 0.815. The van der Waals surface area contributed by atoms with Gasteiger partial charge in [-0.1, -0.05) is 0 Å². The van der Waals surface area contributed by atoms with Gasteiger partial charge in [-0.05, 0) is 47.7 Å². The second-order valence-electron chi connectivity index (χ2n) is 3.83. The molecule has 1 N–H and O–H groups in total. The van der Waals surface area contributed by atoms with Gasteiger partial charge in [0.2, 0.25) is 0 Å². The third-order valence-corrected chi connectivity index (χ3v) is 4.23. The molecule has 0 radical (unpaired) electrons. The van der Waals surface area contributed by atoms with Crippen LogP contribution in [-0.4, -0.2) is 4.98 Å². The predicted molar refractivity (Wildman–Crippen MR) is 76.4 cm³/mol. The molecule has 1 aromatic carbocycles. The van der Waals surface area contributed by atoms with Gasteiger partial charge in [0.15, 0.2) is 0 Å². The van der Waals surface area contributed by atoms with E-state index in [4.69, 9.17) is 0 Å². The average Bonchev–Trinajstić information content (AvgIpc) is 2.75. The molecule has 0 spiro atoms. The van der Waals surface area contributed by atoms with Gasteiger partial charge >= 0.3 is 0 Å². The van der Waals surface area contributed by atoms with Crippen molar-refractivity contribution in [2.75, 3.05) is 0 Å². The van der Waals surface area contributed by atoms with Crippen molar-refractivity contribution in [2.24, 2.45) is 0 Å². The van der Waals surface area contributed by atoms with E-state index in [1.54, 1.807) is 24.5 Å². The third-order valence-electron chi connectivity index (χ3n) is 2.51. The molecule has 0 fully saturated rings. The smallest absolute Gasteiger partial charge is 0.128 e. The number of nitrogens with one attached hydrogen (secondary N) is 1. The lowest BCUT2D eigenvalue weighted by molar-refractivity contribution is 0.518. The number of hydrogen-bond acceptors (Lipinski definition) is 3. The van der Waals surface area contributed by atoms with Crippen LogP contribution in [0.1, 0.15) is 23.5 Å². The van der Waals surface area contributed by atoms with Crippen LogP contribution in [0.25, 0.3) is 0 Å². The Labute approximate surface area is 122 Å². The van der Waals surface area contributed by atoms with Crippen LogP contribution in [0.4, 0.5) is 8.78 Å². The molecule has 2 aromatic rings. The van der Waals surface area contributed by atoms with Crippen molar-refractivity contribution in [2.45, 2.75) is 19.5 Å². The monoisotopic (exact) mass is 380 g/mol. The van der Waals surface area contributed by atoms with E-state index in [1.165, 1.54) is 6.07 Å². The molecule has 1 aromatic heterocycles. The number of hydrogen-bond donors (Lipinski definition) is 1. The lowest BCUT2D eigenvalue weighted by Gasteiger charge is -2.14. The number of nitrogens with zero attached hydrogens (tertiary/aromatic N) is 1. The standard InChI is InChI=1S/C12H11F2IN2S/c1-7(9-4-8(13)2-3-10(9)14)16-6-12-17-5-11(15)18-12/h2-5,7,16H,6H2,1H3. The Balaban J connectivity index is 2.03. The molecule has 1 atom stereocenters. The van der Waals surface area contributed by atoms with Gasteiger partial charge in [-0.2, -0.15) is 0 Å². The number of aromatic nitrogens is 1. The molecule has 0 aliphatic heterocycles. The van der Waals surface area contributed by atoms with Gasteiger partial charge in [0, 0.05) is 18.2 Å². The van der Waals surface area contributed by atoms with Crippen LogP contribution in [-0.2, 0) is 6.54 Å². The predicted octanol–water partition coefficient (Wildman–Crippen LogP) is 3.88. The summed E-state index contributed by atoms with van der Waals surface area (Å²) < 4.78 is 27.7. The highest BCUT2D eigenvalue weighted by Gasteiger charge is 2.12. The third kappa shape index (κ3) is 3.46. The molecular formula is C12H11F2IN2S. The first-order valence-corrected chi connectivity index (χ1v) is 7.24. The molecule has 1 unspecified atom stereocenters. The van der Waals surface area contributed by atoms with Gasteiger partial charge in [-0.3, -0.25) is 0 Å². The van der Waals surface area contributed by atoms with Crippen molar-refractivity contribution in [1.29, 1.82) is 0 Å². The van der Waals surface area contributed by atoms with Gasteiger partial charge in [0.25, 0.3) is 0 Å². The number of rotatable bonds is 4. The summed E-state index contributed by atoms with van der Waals surface area (Å²) in [6.07, 6.45) is 1.79. The van der Waals surface area contributed by atoms with Crippen molar-refractivity contribution < 1.29 is 8.78 Å². The zero-order valence-corrected chi connectivity index (χ0v) is 12.6. The summed E-state index contributed by atoms with van der Waals surface area (Å²) in [5.74, 6) is -0.825. The minimum atomic E-state index is -0.427. The molecule has 96 valence electrons. The van der Waals surface area contributed by atoms with Crippen molar-refractivity contribution in [1.82, 2.24) is 10.3 Å². The normalized spacial score (nSPS) is 12.7. The number of thiazole rings is 1. The zero-order chi connectivity index (χ0) is 13.1. The number of halogens is 3. The Morgan fingerprint density at radius 1 is 1.44 bits per heavy atom. The van der Waals surface area contributed by atoms with Gasteiger partial charge in [-0.25, -0.2) is 13.8 Å². The van der Waals surface area contributed by atoms with Crippen molar-refractivity contribution in [3.8, 4) is 0 Å². The van der Waals surface area contributed by atoms with E-state index >= 15 is 0 Å². The molecule has 2 nitrogen and oxygen atoms in total. The molecule has 0 saturated heterocycles. The summed E-state index contributed by atoms with van der Waals surface area (Å²) in [7, 11) is 0. The summed E-state index contributed by atoms with van der Waals surface area (Å²) in [5, 5.41) is 4.07. The average molecular weight is 380 g/mol. The largest absolute Gasteiger partial charge is 0.304 e.